The van der Waals surface area contributed by atoms with Crippen molar-refractivity contribution in [1.29, 1.82) is 0 Å². The SMILES string of the molecule is COCCOCC(=O)N1CCCC1Cc1ccc(C)cc1. The number of ether oxygens (including phenoxy) is 2. The lowest BCUT2D eigenvalue weighted by Crippen LogP contribution is -2.39. The monoisotopic (exact) mass is 291 g/mol. The van der Waals surface area contributed by atoms with E-state index in [1.165, 1.54) is 11.1 Å². The van der Waals surface area contributed by atoms with E-state index in [1.807, 2.05) is 4.90 Å². The zero-order chi connectivity index (χ0) is 15.1. The van der Waals surface area contributed by atoms with Crippen molar-refractivity contribution in [1.82, 2.24) is 4.90 Å². The summed E-state index contributed by atoms with van der Waals surface area (Å²) in [4.78, 5) is 14.2. The third kappa shape index (κ3) is 4.83. The molecule has 1 heterocycles. The van der Waals surface area contributed by atoms with Crippen molar-refractivity contribution in [3.05, 3.63) is 35.4 Å². The second kappa shape index (κ2) is 8.15. The van der Waals surface area contributed by atoms with Gasteiger partial charge in [0.05, 0.1) is 13.2 Å². The molecule has 0 N–H and O–H groups in total. The predicted molar refractivity (Wildman–Crippen MR) is 82.3 cm³/mol. The number of rotatable bonds is 7. The van der Waals surface area contributed by atoms with Gasteiger partial charge in [-0.2, -0.15) is 0 Å². The molecular weight excluding hydrogens is 266 g/mol. The maximum atomic E-state index is 12.2. The number of likely N-dealkylation sites (tertiary alicyclic amines) is 1. The Morgan fingerprint density at radius 3 is 2.76 bits per heavy atom. The minimum absolute atomic E-state index is 0.0979. The quantitative estimate of drug-likeness (QED) is 0.723. The lowest BCUT2D eigenvalue weighted by molar-refractivity contribution is -0.137. The van der Waals surface area contributed by atoms with E-state index in [4.69, 9.17) is 9.47 Å². The van der Waals surface area contributed by atoms with E-state index in [-0.39, 0.29) is 12.5 Å². The van der Waals surface area contributed by atoms with Gasteiger partial charge < -0.3 is 14.4 Å². The Hall–Kier alpha value is -1.39. The molecule has 2 rings (SSSR count). The first-order valence-electron chi connectivity index (χ1n) is 7.62. The van der Waals surface area contributed by atoms with E-state index in [2.05, 4.69) is 31.2 Å². The summed E-state index contributed by atoms with van der Waals surface area (Å²) >= 11 is 0. The Kier molecular flexibility index (Phi) is 6.21. The minimum atomic E-state index is 0.0979. The number of aryl methyl sites for hydroxylation is 1. The molecule has 1 aliphatic heterocycles. The summed E-state index contributed by atoms with van der Waals surface area (Å²) in [6.07, 6.45) is 3.10. The predicted octanol–water partition coefficient (Wildman–Crippen LogP) is 2.19. The summed E-state index contributed by atoms with van der Waals surface area (Å²) < 4.78 is 10.3. The van der Waals surface area contributed by atoms with Crippen molar-refractivity contribution in [3.63, 3.8) is 0 Å². The largest absolute Gasteiger partial charge is 0.382 e. The Balaban J connectivity index is 1.84. The third-order valence-electron chi connectivity index (χ3n) is 3.95. The van der Waals surface area contributed by atoms with Gasteiger partial charge in [-0.15, -0.1) is 0 Å². The number of benzene rings is 1. The number of carbonyl (C=O) groups is 1. The Morgan fingerprint density at radius 2 is 2.05 bits per heavy atom. The number of hydrogen-bond acceptors (Lipinski definition) is 3. The van der Waals surface area contributed by atoms with Crippen LogP contribution >= 0.6 is 0 Å². The molecule has 1 aromatic carbocycles. The molecule has 1 amide bonds. The van der Waals surface area contributed by atoms with Crippen LogP contribution in [0, 0.1) is 6.92 Å². The maximum absolute atomic E-state index is 12.2. The molecule has 0 spiro atoms. The van der Waals surface area contributed by atoms with Gasteiger partial charge in [-0.1, -0.05) is 29.8 Å². The lowest BCUT2D eigenvalue weighted by Gasteiger charge is -2.25. The molecular formula is C17H25NO3. The second-order valence-corrected chi connectivity index (χ2v) is 5.62. The molecule has 4 nitrogen and oxygen atoms in total. The van der Waals surface area contributed by atoms with Crippen molar-refractivity contribution in [3.8, 4) is 0 Å². The van der Waals surface area contributed by atoms with Crippen LogP contribution in [0.5, 0.6) is 0 Å². The highest BCUT2D eigenvalue weighted by Crippen LogP contribution is 2.21. The van der Waals surface area contributed by atoms with E-state index in [1.54, 1.807) is 7.11 Å². The van der Waals surface area contributed by atoms with Gasteiger partial charge in [-0.3, -0.25) is 4.79 Å². The molecule has 0 aromatic heterocycles. The normalized spacial score (nSPS) is 18.2. The zero-order valence-corrected chi connectivity index (χ0v) is 13.0. The topological polar surface area (TPSA) is 38.8 Å². The number of nitrogens with zero attached hydrogens (tertiary/aromatic N) is 1. The highest BCUT2D eigenvalue weighted by Gasteiger charge is 2.28. The zero-order valence-electron chi connectivity index (χ0n) is 13.0. The molecule has 0 bridgehead atoms. The van der Waals surface area contributed by atoms with Gasteiger partial charge in [0.25, 0.3) is 0 Å². The molecule has 0 radical (unpaired) electrons. The summed E-state index contributed by atoms with van der Waals surface area (Å²) in [6, 6.07) is 8.89. The van der Waals surface area contributed by atoms with Crippen LogP contribution in [-0.2, 0) is 20.7 Å². The van der Waals surface area contributed by atoms with Gasteiger partial charge in [-0.25, -0.2) is 0 Å². The average Bonchev–Trinajstić information content (AvgIpc) is 2.94. The standard InChI is InChI=1S/C17H25NO3/c1-14-5-7-15(8-6-14)12-16-4-3-9-18(16)17(19)13-21-11-10-20-2/h5-8,16H,3-4,9-13H2,1-2H3. The van der Waals surface area contributed by atoms with Crippen molar-refractivity contribution < 1.29 is 14.3 Å². The van der Waals surface area contributed by atoms with Gasteiger partial charge in [0.15, 0.2) is 0 Å². The van der Waals surface area contributed by atoms with Gasteiger partial charge in [0.2, 0.25) is 5.91 Å². The Labute approximate surface area is 127 Å². The molecule has 1 unspecified atom stereocenters. The average molecular weight is 291 g/mol. The molecule has 1 saturated heterocycles. The van der Waals surface area contributed by atoms with Gasteiger partial charge >= 0.3 is 0 Å². The molecule has 116 valence electrons. The molecule has 0 aliphatic carbocycles. The van der Waals surface area contributed by atoms with Crippen LogP contribution in [-0.4, -0.2) is 50.3 Å². The van der Waals surface area contributed by atoms with E-state index < -0.39 is 0 Å². The number of methoxy groups -OCH3 is 1. The van der Waals surface area contributed by atoms with E-state index in [9.17, 15) is 4.79 Å². The fourth-order valence-electron chi connectivity index (χ4n) is 2.76. The van der Waals surface area contributed by atoms with Gasteiger partial charge in [-0.05, 0) is 31.7 Å². The van der Waals surface area contributed by atoms with Crippen LogP contribution in [0.2, 0.25) is 0 Å². The minimum Gasteiger partial charge on any atom is -0.382 e. The first-order valence-corrected chi connectivity index (χ1v) is 7.62. The summed E-state index contributed by atoms with van der Waals surface area (Å²) in [5, 5.41) is 0. The van der Waals surface area contributed by atoms with E-state index in [0.29, 0.717) is 19.3 Å². The molecule has 1 atom stereocenters. The summed E-state index contributed by atoms with van der Waals surface area (Å²) in [6.45, 7) is 4.10. The summed E-state index contributed by atoms with van der Waals surface area (Å²) in [5.74, 6) is 0.0979. The smallest absolute Gasteiger partial charge is 0.248 e. The third-order valence-corrected chi connectivity index (χ3v) is 3.95. The van der Waals surface area contributed by atoms with Crippen LogP contribution < -0.4 is 0 Å². The van der Waals surface area contributed by atoms with Crippen molar-refractivity contribution in [2.24, 2.45) is 0 Å². The highest BCUT2D eigenvalue weighted by molar-refractivity contribution is 5.78. The van der Waals surface area contributed by atoms with Crippen molar-refractivity contribution >= 4 is 5.91 Å². The maximum Gasteiger partial charge on any atom is 0.248 e. The number of amides is 1. The Bertz CT molecular complexity index is 444. The van der Waals surface area contributed by atoms with Crippen LogP contribution in [0.4, 0.5) is 0 Å². The van der Waals surface area contributed by atoms with Crippen molar-refractivity contribution in [2.75, 3.05) is 33.5 Å². The highest BCUT2D eigenvalue weighted by atomic mass is 16.5. The Morgan fingerprint density at radius 1 is 1.29 bits per heavy atom. The van der Waals surface area contributed by atoms with Gasteiger partial charge in [0.1, 0.15) is 6.61 Å². The first kappa shape index (κ1) is 16.0. The molecule has 0 saturated carbocycles. The van der Waals surface area contributed by atoms with Crippen LogP contribution in [0.25, 0.3) is 0 Å². The molecule has 21 heavy (non-hydrogen) atoms. The fourth-order valence-corrected chi connectivity index (χ4v) is 2.76. The van der Waals surface area contributed by atoms with Crippen LogP contribution in [0.3, 0.4) is 0 Å². The number of hydrogen-bond donors (Lipinski definition) is 0. The molecule has 4 heteroatoms. The molecule has 1 aromatic rings. The van der Waals surface area contributed by atoms with E-state index in [0.717, 1.165) is 25.8 Å². The van der Waals surface area contributed by atoms with Crippen LogP contribution in [0.1, 0.15) is 24.0 Å². The van der Waals surface area contributed by atoms with E-state index >= 15 is 0 Å². The van der Waals surface area contributed by atoms with Crippen LogP contribution in [0.15, 0.2) is 24.3 Å². The first-order chi connectivity index (χ1) is 10.2. The van der Waals surface area contributed by atoms with Gasteiger partial charge in [0, 0.05) is 19.7 Å². The lowest BCUT2D eigenvalue weighted by atomic mass is 10.0. The molecule has 1 fully saturated rings. The molecule has 1 aliphatic rings. The summed E-state index contributed by atoms with van der Waals surface area (Å²) in [7, 11) is 1.63. The number of carbonyl (C=O) groups excluding carboxylic acids is 1. The van der Waals surface area contributed by atoms with Crippen molar-refractivity contribution in [2.45, 2.75) is 32.2 Å². The second-order valence-electron chi connectivity index (χ2n) is 5.62. The summed E-state index contributed by atoms with van der Waals surface area (Å²) in [5.41, 5.74) is 2.57. The fraction of sp³-hybridized carbons (Fsp3) is 0.588.